The summed E-state index contributed by atoms with van der Waals surface area (Å²) in [6, 6.07) is 1.16. The molecule has 0 unspecified atom stereocenters. The molecule has 7 nitrogen and oxygen atoms in total. The lowest BCUT2D eigenvalue weighted by atomic mass is 10.1. The Morgan fingerprint density at radius 2 is 2.14 bits per heavy atom. The van der Waals surface area contributed by atoms with Crippen LogP contribution in [-0.4, -0.2) is 35.8 Å². The van der Waals surface area contributed by atoms with Crippen LogP contribution in [0.2, 0.25) is 0 Å². The number of rotatable bonds is 6. The third kappa shape index (κ3) is 3.37. The van der Waals surface area contributed by atoms with E-state index in [0.29, 0.717) is 6.42 Å². The molecule has 0 saturated heterocycles. The second kappa shape index (κ2) is 6.19. The zero-order valence-corrected chi connectivity index (χ0v) is 14.1. The van der Waals surface area contributed by atoms with Gasteiger partial charge in [-0.15, -0.1) is 11.3 Å². The number of nitrogens with one attached hydrogen (secondary N) is 1. The van der Waals surface area contributed by atoms with Crippen molar-refractivity contribution in [2.24, 2.45) is 7.05 Å². The van der Waals surface area contributed by atoms with Gasteiger partial charge in [0.2, 0.25) is 10.0 Å². The molecular weight excluding hydrogens is 326 g/mol. The average Bonchev–Trinajstić information content (AvgIpc) is 3.00. The Morgan fingerprint density at radius 3 is 2.64 bits per heavy atom. The molecule has 0 radical (unpaired) electrons. The molecule has 2 aromatic rings. The molecule has 9 heteroatoms. The van der Waals surface area contributed by atoms with E-state index in [2.05, 4.69) is 9.82 Å². The van der Waals surface area contributed by atoms with E-state index in [1.165, 1.54) is 5.38 Å². The Balaban J connectivity index is 2.05. The molecule has 120 valence electrons. The lowest BCUT2D eigenvalue weighted by Crippen LogP contribution is -2.25. The summed E-state index contributed by atoms with van der Waals surface area (Å²) in [5.74, 6) is -1.14. The van der Waals surface area contributed by atoms with Gasteiger partial charge < -0.3 is 5.11 Å². The van der Waals surface area contributed by atoms with Crippen LogP contribution in [0.5, 0.6) is 0 Å². The standard InChI is InChI=1S/C13H17N3O4S2/c1-8-11(9(2)16(3)15-8)4-5-14-22(19,20)12-6-10(7-21-12)13(17)18/h6-7,14H,4-5H2,1-3H3,(H,17,18). The molecule has 0 fully saturated rings. The molecule has 0 spiro atoms. The summed E-state index contributed by atoms with van der Waals surface area (Å²) in [5.41, 5.74) is 2.87. The van der Waals surface area contributed by atoms with Crippen LogP contribution in [0.4, 0.5) is 0 Å². The van der Waals surface area contributed by atoms with Gasteiger partial charge >= 0.3 is 5.97 Å². The zero-order valence-electron chi connectivity index (χ0n) is 12.5. The van der Waals surface area contributed by atoms with E-state index in [1.54, 1.807) is 4.68 Å². The quantitative estimate of drug-likeness (QED) is 0.824. The Bertz CT molecular complexity index is 805. The van der Waals surface area contributed by atoms with Crippen molar-refractivity contribution in [1.82, 2.24) is 14.5 Å². The predicted molar refractivity (Wildman–Crippen MR) is 82.9 cm³/mol. The minimum Gasteiger partial charge on any atom is -0.478 e. The number of carboxylic acid groups (broad SMARTS) is 1. The molecular formula is C13H17N3O4S2. The predicted octanol–water partition coefficient (Wildman–Crippen LogP) is 1.32. The molecule has 2 rings (SSSR count). The first-order valence-corrected chi connectivity index (χ1v) is 8.89. The van der Waals surface area contributed by atoms with Gasteiger partial charge in [0.05, 0.1) is 11.3 Å². The highest BCUT2D eigenvalue weighted by Gasteiger charge is 2.19. The Labute approximate surface area is 132 Å². The monoisotopic (exact) mass is 343 g/mol. The van der Waals surface area contributed by atoms with Crippen molar-refractivity contribution >= 4 is 27.3 Å². The van der Waals surface area contributed by atoms with Gasteiger partial charge in [0.25, 0.3) is 0 Å². The second-order valence-corrected chi connectivity index (χ2v) is 7.79. The maximum atomic E-state index is 12.1. The molecule has 0 saturated carbocycles. The van der Waals surface area contributed by atoms with Crippen LogP contribution in [0.15, 0.2) is 15.7 Å². The first-order chi connectivity index (χ1) is 10.2. The van der Waals surface area contributed by atoms with Gasteiger partial charge in [-0.1, -0.05) is 0 Å². The van der Waals surface area contributed by atoms with Crippen molar-refractivity contribution in [1.29, 1.82) is 0 Å². The molecule has 22 heavy (non-hydrogen) atoms. The summed E-state index contributed by atoms with van der Waals surface area (Å²) in [5, 5.41) is 14.4. The van der Waals surface area contributed by atoms with Crippen molar-refractivity contribution in [2.45, 2.75) is 24.5 Å². The van der Waals surface area contributed by atoms with Crippen molar-refractivity contribution in [3.8, 4) is 0 Å². The minimum atomic E-state index is -3.68. The number of hydrogen-bond donors (Lipinski definition) is 2. The minimum absolute atomic E-state index is 0.00419. The third-order valence-corrected chi connectivity index (χ3v) is 6.31. The van der Waals surface area contributed by atoms with Gasteiger partial charge in [-0.05, 0) is 31.9 Å². The van der Waals surface area contributed by atoms with Crippen LogP contribution in [0, 0.1) is 13.8 Å². The van der Waals surface area contributed by atoms with Gasteiger partial charge in [0.15, 0.2) is 0 Å². The highest BCUT2D eigenvalue weighted by Crippen LogP contribution is 2.20. The summed E-state index contributed by atoms with van der Waals surface area (Å²) in [4.78, 5) is 10.8. The Morgan fingerprint density at radius 1 is 1.45 bits per heavy atom. The lowest BCUT2D eigenvalue weighted by Gasteiger charge is -2.05. The van der Waals surface area contributed by atoms with Gasteiger partial charge in [-0.25, -0.2) is 17.9 Å². The summed E-state index contributed by atoms with van der Waals surface area (Å²) >= 11 is 0.894. The first-order valence-electron chi connectivity index (χ1n) is 6.53. The van der Waals surface area contributed by atoms with E-state index in [1.807, 2.05) is 20.9 Å². The van der Waals surface area contributed by atoms with Crippen LogP contribution in [0.25, 0.3) is 0 Å². The van der Waals surface area contributed by atoms with Crippen LogP contribution in [0.3, 0.4) is 0 Å². The molecule has 2 N–H and O–H groups in total. The number of carbonyl (C=O) groups is 1. The lowest BCUT2D eigenvalue weighted by molar-refractivity contribution is 0.0697. The fraction of sp³-hybridized carbons (Fsp3) is 0.385. The largest absolute Gasteiger partial charge is 0.478 e. The van der Waals surface area contributed by atoms with Crippen LogP contribution in [-0.2, 0) is 23.5 Å². The first kappa shape index (κ1) is 16.7. The topological polar surface area (TPSA) is 101 Å². The molecule has 0 bridgehead atoms. The van der Waals surface area contributed by atoms with Crippen LogP contribution in [0.1, 0.15) is 27.3 Å². The van der Waals surface area contributed by atoms with Gasteiger partial charge in [0, 0.05) is 24.7 Å². The summed E-state index contributed by atoms with van der Waals surface area (Å²) in [7, 11) is -1.84. The molecule has 0 amide bonds. The second-order valence-electron chi connectivity index (χ2n) is 4.88. The van der Waals surface area contributed by atoms with E-state index in [-0.39, 0.29) is 16.3 Å². The smallest absolute Gasteiger partial charge is 0.336 e. The fourth-order valence-corrected chi connectivity index (χ4v) is 4.36. The summed E-state index contributed by atoms with van der Waals surface area (Å²) in [6.07, 6.45) is 0.530. The van der Waals surface area contributed by atoms with E-state index in [0.717, 1.165) is 34.4 Å². The van der Waals surface area contributed by atoms with E-state index in [9.17, 15) is 13.2 Å². The number of aryl methyl sites for hydroxylation is 2. The molecule has 2 heterocycles. The van der Waals surface area contributed by atoms with Crippen molar-refractivity contribution < 1.29 is 18.3 Å². The number of sulfonamides is 1. The normalized spacial score (nSPS) is 11.8. The van der Waals surface area contributed by atoms with Crippen molar-refractivity contribution in [2.75, 3.05) is 6.54 Å². The number of thiophene rings is 1. The van der Waals surface area contributed by atoms with E-state index < -0.39 is 16.0 Å². The number of aromatic nitrogens is 2. The van der Waals surface area contributed by atoms with Crippen LogP contribution < -0.4 is 4.72 Å². The van der Waals surface area contributed by atoms with Crippen molar-refractivity contribution in [3.05, 3.63) is 34.0 Å². The van der Waals surface area contributed by atoms with E-state index >= 15 is 0 Å². The van der Waals surface area contributed by atoms with Gasteiger partial charge in [-0.3, -0.25) is 4.68 Å². The fourth-order valence-electron chi connectivity index (χ4n) is 2.13. The number of hydrogen-bond acceptors (Lipinski definition) is 5. The average molecular weight is 343 g/mol. The van der Waals surface area contributed by atoms with E-state index in [4.69, 9.17) is 5.11 Å². The molecule has 0 aliphatic heterocycles. The molecule has 0 aromatic carbocycles. The van der Waals surface area contributed by atoms with Crippen LogP contribution >= 0.6 is 11.3 Å². The Hall–Kier alpha value is -1.71. The summed E-state index contributed by atoms with van der Waals surface area (Å²) in [6.45, 7) is 4.05. The maximum Gasteiger partial charge on any atom is 0.336 e. The molecule has 0 atom stereocenters. The highest BCUT2D eigenvalue weighted by molar-refractivity contribution is 7.91. The number of aromatic carboxylic acids is 1. The SMILES string of the molecule is Cc1nn(C)c(C)c1CCNS(=O)(=O)c1cc(C(=O)O)cs1. The molecule has 2 aromatic heterocycles. The zero-order chi connectivity index (χ0) is 16.5. The maximum absolute atomic E-state index is 12.1. The number of carboxylic acids is 1. The number of nitrogens with zero attached hydrogens (tertiary/aromatic N) is 2. The van der Waals surface area contributed by atoms with Crippen molar-refractivity contribution in [3.63, 3.8) is 0 Å². The van der Waals surface area contributed by atoms with Gasteiger partial charge in [-0.2, -0.15) is 5.10 Å². The highest BCUT2D eigenvalue weighted by atomic mass is 32.2. The third-order valence-electron chi connectivity index (χ3n) is 3.41. The summed E-state index contributed by atoms with van der Waals surface area (Å²) < 4.78 is 28.5. The molecule has 0 aliphatic carbocycles. The van der Waals surface area contributed by atoms with Gasteiger partial charge in [0.1, 0.15) is 4.21 Å². The molecule has 0 aliphatic rings. The Kier molecular flexibility index (Phi) is 4.69.